The Bertz CT molecular complexity index is 299. The predicted molar refractivity (Wildman–Crippen MR) is 51.5 cm³/mol. The Hall–Kier alpha value is -0.860. The number of hydrogen-bond acceptors (Lipinski definition) is 2. The standard InChI is InChI=1S/C10H17N3/c1-7(6-10-4-5-10)13-9(3)8(2)11-12-13/h7,10H,4-6H2,1-3H3. The molecule has 0 radical (unpaired) electrons. The maximum atomic E-state index is 4.16. The fourth-order valence-corrected chi connectivity index (χ4v) is 1.78. The van der Waals surface area contributed by atoms with Gasteiger partial charge in [0.25, 0.3) is 0 Å². The van der Waals surface area contributed by atoms with Crippen LogP contribution in [0.2, 0.25) is 0 Å². The van der Waals surface area contributed by atoms with Crippen LogP contribution >= 0.6 is 0 Å². The summed E-state index contributed by atoms with van der Waals surface area (Å²) in [5.74, 6) is 0.957. The van der Waals surface area contributed by atoms with Crippen molar-refractivity contribution in [3.05, 3.63) is 11.4 Å². The van der Waals surface area contributed by atoms with Gasteiger partial charge < -0.3 is 0 Å². The van der Waals surface area contributed by atoms with Crippen molar-refractivity contribution < 1.29 is 0 Å². The molecule has 1 unspecified atom stereocenters. The van der Waals surface area contributed by atoms with Crippen LogP contribution in [-0.2, 0) is 0 Å². The molecule has 1 aliphatic rings. The molecule has 3 heteroatoms. The SMILES string of the molecule is Cc1nnn(C(C)CC2CC2)c1C. The first kappa shape index (κ1) is 8.73. The molecule has 13 heavy (non-hydrogen) atoms. The molecule has 1 aromatic heterocycles. The predicted octanol–water partition coefficient (Wildman–Crippen LogP) is 2.26. The zero-order valence-corrected chi connectivity index (χ0v) is 8.62. The van der Waals surface area contributed by atoms with Gasteiger partial charge in [-0.3, -0.25) is 0 Å². The highest BCUT2D eigenvalue weighted by molar-refractivity contribution is 5.05. The lowest BCUT2D eigenvalue weighted by atomic mass is 10.1. The van der Waals surface area contributed by atoms with E-state index in [2.05, 4.69) is 28.8 Å². The molecule has 1 fully saturated rings. The van der Waals surface area contributed by atoms with Crippen molar-refractivity contribution in [2.45, 2.75) is 46.1 Å². The number of aryl methyl sites for hydroxylation is 1. The number of aromatic nitrogens is 3. The minimum Gasteiger partial charge on any atom is -0.247 e. The van der Waals surface area contributed by atoms with Gasteiger partial charge >= 0.3 is 0 Å². The largest absolute Gasteiger partial charge is 0.247 e. The number of rotatable bonds is 3. The third-order valence-electron chi connectivity index (χ3n) is 2.95. The second-order valence-corrected chi connectivity index (χ2v) is 4.23. The summed E-state index contributed by atoms with van der Waals surface area (Å²) in [7, 11) is 0. The Kier molecular flexibility index (Phi) is 2.10. The molecule has 0 bridgehead atoms. The van der Waals surface area contributed by atoms with E-state index in [9.17, 15) is 0 Å². The summed E-state index contributed by atoms with van der Waals surface area (Å²) >= 11 is 0. The van der Waals surface area contributed by atoms with Gasteiger partial charge in [0, 0.05) is 0 Å². The fourth-order valence-electron chi connectivity index (χ4n) is 1.78. The lowest BCUT2D eigenvalue weighted by molar-refractivity contribution is 0.418. The summed E-state index contributed by atoms with van der Waals surface area (Å²) in [5, 5.41) is 8.24. The summed E-state index contributed by atoms with van der Waals surface area (Å²) in [6.45, 7) is 6.35. The normalized spacial score (nSPS) is 19.0. The highest BCUT2D eigenvalue weighted by atomic mass is 15.4. The van der Waals surface area contributed by atoms with Crippen molar-refractivity contribution in [3.63, 3.8) is 0 Å². The molecular weight excluding hydrogens is 162 g/mol. The Morgan fingerprint density at radius 3 is 2.62 bits per heavy atom. The fraction of sp³-hybridized carbons (Fsp3) is 0.800. The number of nitrogens with zero attached hydrogens (tertiary/aromatic N) is 3. The first-order chi connectivity index (χ1) is 6.18. The zero-order chi connectivity index (χ0) is 9.42. The quantitative estimate of drug-likeness (QED) is 0.712. The van der Waals surface area contributed by atoms with Crippen molar-refractivity contribution in [2.24, 2.45) is 5.92 Å². The average Bonchev–Trinajstić information content (AvgIpc) is 2.82. The molecule has 1 saturated carbocycles. The van der Waals surface area contributed by atoms with Crippen LogP contribution in [0.5, 0.6) is 0 Å². The summed E-state index contributed by atoms with van der Waals surface area (Å²) < 4.78 is 2.06. The summed E-state index contributed by atoms with van der Waals surface area (Å²) in [6.07, 6.45) is 4.10. The molecule has 72 valence electrons. The average molecular weight is 179 g/mol. The van der Waals surface area contributed by atoms with E-state index in [4.69, 9.17) is 0 Å². The maximum Gasteiger partial charge on any atom is 0.0825 e. The summed E-state index contributed by atoms with van der Waals surface area (Å²) in [4.78, 5) is 0. The molecule has 1 aliphatic carbocycles. The molecule has 2 rings (SSSR count). The minimum absolute atomic E-state index is 0.522. The number of hydrogen-bond donors (Lipinski definition) is 0. The van der Waals surface area contributed by atoms with Crippen LogP contribution in [0.25, 0.3) is 0 Å². The van der Waals surface area contributed by atoms with E-state index in [0.717, 1.165) is 11.6 Å². The molecule has 0 aliphatic heterocycles. The van der Waals surface area contributed by atoms with Crippen molar-refractivity contribution in [2.75, 3.05) is 0 Å². The van der Waals surface area contributed by atoms with Gasteiger partial charge in [-0.15, -0.1) is 5.10 Å². The van der Waals surface area contributed by atoms with E-state index < -0.39 is 0 Å². The summed E-state index contributed by atoms with van der Waals surface area (Å²) in [5.41, 5.74) is 2.27. The minimum atomic E-state index is 0.522. The first-order valence-electron chi connectivity index (χ1n) is 5.07. The first-order valence-corrected chi connectivity index (χ1v) is 5.07. The van der Waals surface area contributed by atoms with Gasteiger partial charge in [-0.1, -0.05) is 18.1 Å². The third kappa shape index (κ3) is 1.74. The Balaban J connectivity index is 2.09. The lowest BCUT2D eigenvalue weighted by Gasteiger charge is -2.12. The highest BCUT2D eigenvalue weighted by Gasteiger charge is 2.25. The molecular formula is C10H17N3. The molecule has 1 atom stereocenters. The van der Waals surface area contributed by atoms with E-state index in [-0.39, 0.29) is 0 Å². The second-order valence-electron chi connectivity index (χ2n) is 4.23. The van der Waals surface area contributed by atoms with Gasteiger partial charge in [0.2, 0.25) is 0 Å². The van der Waals surface area contributed by atoms with Crippen LogP contribution < -0.4 is 0 Å². The monoisotopic (exact) mass is 179 g/mol. The molecule has 1 heterocycles. The van der Waals surface area contributed by atoms with Crippen LogP contribution in [-0.4, -0.2) is 15.0 Å². The van der Waals surface area contributed by atoms with Gasteiger partial charge in [-0.25, -0.2) is 4.68 Å². The molecule has 1 aromatic rings. The van der Waals surface area contributed by atoms with Crippen molar-refractivity contribution >= 4 is 0 Å². The van der Waals surface area contributed by atoms with E-state index in [1.54, 1.807) is 0 Å². The van der Waals surface area contributed by atoms with E-state index in [1.807, 2.05) is 6.92 Å². The van der Waals surface area contributed by atoms with Crippen LogP contribution in [0.3, 0.4) is 0 Å². The van der Waals surface area contributed by atoms with Crippen LogP contribution in [0.4, 0.5) is 0 Å². The van der Waals surface area contributed by atoms with E-state index in [1.165, 1.54) is 25.0 Å². The lowest BCUT2D eigenvalue weighted by Crippen LogP contribution is -2.09. The molecule has 0 saturated heterocycles. The maximum absolute atomic E-state index is 4.16. The van der Waals surface area contributed by atoms with E-state index >= 15 is 0 Å². The molecule has 0 spiro atoms. The molecule has 3 nitrogen and oxygen atoms in total. The van der Waals surface area contributed by atoms with Crippen molar-refractivity contribution in [1.29, 1.82) is 0 Å². The summed E-state index contributed by atoms with van der Waals surface area (Å²) in [6, 6.07) is 0.522. The third-order valence-corrected chi connectivity index (χ3v) is 2.95. The van der Waals surface area contributed by atoms with Crippen molar-refractivity contribution in [3.8, 4) is 0 Å². The van der Waals surface area contributed by atoms with Gasteiger partial charge in [-0.05, 0) is 33.1 Å². The van der Waals surface area contributed by atoms with Gasteiger partial charge in [0.1, 0.15) is 0 Å². The van der Waals surface area contributed by atoms with Gasteiger partial charge in [-0.2, -0.15) is 0 Å². The Morgan fingerprint density at radius 2 is 2.15 bits per heavy atom. The van der Waals surface area contributed by atoms with Gasteiger partial charge in [0.05, 0.1) is 17.4 Å². The van der Waals surface area contributed by atoms with Gasteiger partial charge in [0.15, 0.2) is 0 Å². The zero-order valence-electron chi connectivity index (χ0n) is 8.62. The second kappa shape index (κ2) is 3.13. The van der Waals surface area contributed by atoms with Crippen molar-refractivity contribution in [1.82, 2.24) is 15.0 Å². The molecule has 0 amide bonds. The van der Waals surface area contributed by atoms with Crippen LogP contribution in [0.15, 0.2) is 0 Å². The van der Waals surface area contributed by atoms with E-state index in [0.29, 0.717) is 6.04 Å². The van der Waals surface area contributed by atoms with Crippen LogP contribution in [0.1, 0.15) is 43.6 Å². The molecule has 0 aromatic carbocycles. The Morgan fingerprint density at radius 1 is 1.46 bits per heavy atom. The molecule has 0 N–H and O–H groups in total. The Labute approximate surface area is 79.1 Å². The smallest absolute Gasteiger partial charge is 0.0825 e. The van der Waals surface area contributed by atoms with Crippen LogP contribution in [0, 0.1) is 19.8 Å². The topological polar surface area (TPSA) is 30.7 Å². The highest BCUT2D eigenvalue weighted by Crippen LogP contribution is 2.36.